The van der Waals surface area contributed by atoms with Crippen LogP contribution in [0.25, 0.3) is 0 Å². The highest BCUT2D eigenvalue weighted by atomic mass is 31.1. The molecular weight excluding hydrogens is 375 g/mol. The van der Waals surface area contributed by atoms with Gasteiger partial charge < -0.3 is 9.84 Å². The fraction of sp³-hybridized carbons (Fsp3) is 0.294. The van der Waals surface area contributed by atoms with Crippen LogP contribution in [0.4, 0.5) is 0 Å². The van der Waals surface area contributed by atoms with E-state index in [1.165, 1.54) is 6.20 Å². The molecule has 2 N–H and O–H groups in total. The van der Waals surface area contributed by atoms with Crippen LogP contribution in [-0.4, -0.2) is 33.0 Å². The maximum Gasteiger partial charge on any atom is 0.750 e. The van der Waals surface area contributed by atoms with Crippen molar-refractivity contribution in [2.75, 3.05) is 6.61 Å². The molecule has 27 heavy (non-hydrogen) atoms. The SMILES string of the molecule is C#CC1(O)CC(CO[P+](=O)Oc2ccccc2)OC1n1ccc(=O)[nH]c1=O. The normalized spacial score (nSPS) is 25.0. The second-order valence-corrected chi connectivity index (χ2v) is 6.71. The number of benzene rings is 1. The van der Waals surface area contributed by atoms with Gasteiger partial charge in [0.05, 0.1) is 6.10 Å². The van der Waals surface area contributed by atoms with Crippen molar-refractivity contribution >= 4 is 8.25 Å². The van der Waals surface area contributed by atoms with Crippen molar-refractivity contribution in [3.63, 3.8) is 0 Å². The molecule has 2 aromatic rings. The molecule has 4 unspecified atom stereocenters. The minimum absolute atomic E-state index is 0.0613. The number of terminal acetylenes is 1. The highest BCUT2D eigenvalue weighted by molar-refractivity contribution is 7.33. The first-order valence-corrected chi connectivity index (χ1v) is 9.01. The number of aromatic amines is 1. The van der Waals surface area contributed by atoms with E-state index >= 15 is 0 Å². The van der Waals surface area contributed by atoms with Gasteiger partial charge in [0.1, 0.15) is 6.61 Å². The molecule has 0 bridgehead atoms. The first kappa shape index (κ1) is 19.0. The molecule has 1 fully saturated rings. The smallest absolute Gasteiger partial charge is 0.373 e. The van der Waals surface area contributed by atoms with Gasteiger partial charge in [-0.1, -0.05) is 24.1 Å². The quantitative estimate of drug-likeness (QED) is 0.555. The highest BCUT2D eigenvalue weighted by Gasteiger charge is 2.49. The summed E-state index contributed by atoms with van der Waals surface area (Å²) in [4.78, 5) is 25.2. The van der Waals surface area contributed by atoms with Crippen molar-refractivity contribution in [2.45, 2.75) is 24.4 Å². The van der Waals surface area contributed by atoms with Gasteiger partial charge in [-0.2, -0.15) is 0 Å². The Bertz CT molecular complexity index is 981. The summed E-state index contributed by atoms with van der Waals surface area (Å²) in [5.74, 6) is 2.59. The molecule has 0 saturated carbocycles. The molecule has 0 aliphatic carbocycles. The number of para-hydroxylation sites is 1. The molecule has 2 heterocycles. The van der Waals surface area contributed by atoms with E-state index in [-0.39, 0.29) is 13.0 Å². The molecule has 1 aromatic carbocycles. The summed E-state index contributed by atoms with van der Waals surface area (Å²) in [5, 5.41) is 10.6. The van der Waals surface area contributed by atoms with Gasteiger partial charge in [0.15, 0.2) is 17.6 Å². The second kappa shape index (κ2) is 7.86. The molecule has 0 radical (unpaired) electrons. The Morgan fingerprint density at radius 1 is 1.37 bits per heavy atom. The monoisotopic (exact) mass is 391 g/mol. The first-order chi connectivity index (χ1) is 12.9. The average Bonchev–Trinajstić information content (AvgIpc) is 2.98. The van der Waals surface area contributed by atoms with Gasteiger partial charge >= 0.3 is 13.9 Å². The van der Waals surface area contributed by atoms with Crippen LogP contribution in [0.2, 0.25) is 0 Å². The van der Waals surface area contributed by atoms with Crippen LogP contribution in [0.15, 0.2) is 52.2 Å². The van der Waals surface area contributed by atoms with E-state index in [4.69, 9.17) is 20.2 Å². The molecule has 140 valence electrons. The molecule has 4 atom stereocenters. The topological polar surface area (TPSA) is 120 Å². The fourth-order valence-corrected chi connectivity index (χ4v) is 3.30. The third-order valence-corrected chi connectivity index (χ3v) is 4.63. The van der Waals surface area contributed by atoms with Crippen LogP contribution in [-0.2, 0) is 13.8 Å². The average molecular weight is 391 g/mol. The van der Waals surface area contributed by atoms with Crippen LogP contribution in [0.5, 0.6) is 5.75 Å². The van der Waals surface area contributed by atoms with Crippen LogP contribution in [0, 0.1) is 12.3 Å². The number of aliphatic hydroxyl groups is 1. The Morgan fingerprint density at radius 2 is 2.11 bits per heavy atom. The summed E-state index contributed by atoms with van der Waals surface area (Å²) in [6.07, 6.45) is 4.55. The van der Waals surface area contributed by atoms with E-state index in [1.807, 2.05) is 0 Å². The molecule has 0 spiro atoms. The van der Waals surface area contributed by atoms with Gasteiger partial charge in [-0.25, -0.2) is 9.32 Å². The summed E-state index contributed by atoms with van der Waals surface area (Å²) in [5.41, 5.74) is -3.17. The maximum absolute atomic E-state index is 12.0. The van der Waals surface area contributed by atoms with E-state index in [0.29, 0.717) is 5.75 Å². The predicted molar refractivity (Wildman–Crippen MR) is 94.3 cm³/mol. The van der Waals surface area contributed by atoms with Gasteiger partial charge in [0, 0.05) is 23.2 Å². The lowest BCUT2D eigenvalue weighted by atomic mass is 9.99. The van der Waals surface area contributed by atoms with E-state index < -0.39 is 37.4 Å². The molecule has 1 saturated heterocycles. The number of rotatable bonds is 6. The van der Waals surface area contributed by atoms with E-state index in [0.717, 1.165) is 10.6 Å². The maximum atomic E-state index is 12.0. The van der Waals surface area contributed by atoms with E-state index in [2.05, 4.69) is 10.9 Å². The Labute approximate surface area is 154 Å². The summed E-state index contributed by atoms with van der Waals surface area (Å²) < 4.78 is 28.8. The van der Waals surface area contributed by atoms with Gasteiger partial charge in [-0.3, -0.25) is 14.3 Å². The van der Waals surface area contributed by atoms with Crippen molar-refractivity contribution in [2.24, 2.45) is 0 Å². The fourth-order valence-electron chi connectivity index (χ4n) is 2.66. The minimum atomic E-state index is -2.47. The number of H-pyrrole nitrogens is 1. The zero-order valence-corrected chi connectivity index (χ0v) is 14.9. The molecule has 1 aliphatic heterocycles. The molecule has 9 nitrogen and oxygen atoms in total. The number of hydrogen-bond donors (Lipinski definition) is 2. The predicted octanol–water partition coefficient (Wildman–Crippen LogP) is 0.941. The number of hydrogen-bond acceptors (Lipinski definition) is 7. The number of nitrogens with zero attached hydrogens (tertiary/aromatic N) is 1. The summed E-state index contributed by atoms with van der Waals surface area (Å²) in [7, 11) is -2.47. The first-order valence-electron chi connectivity index (χ1n) is 7.91. The number of aromatic nitrogens is 2. The van der Waals surface area contributed by atoms with Crippen LogP contribution in [0.1, 0.15) is 12.6 Å². The largest absolute Gasteiger partial charge is 0.750 e. The Morgan fingerprint density at radius 3 is 2.78 bits per heavy atom. The zero-order valence-electron chi connectivity index (χ0n) is 14.0. The van der Waals surface area contributed by atoms with Gasteiger partial charge in [-0.05, 0) is 12.1 Å². The van der Waals surface area contributed by atoms with Gasteiger partial charge in [-0.15, -0.1) is 10.9 Å². The van der Waals surface area contributed by atoms with Crippen molar-refractivity contribution < 1.29 is 23.5 Å². The third-order valence-electron chi connectivity index (χ3n) is 3.91. The van der Waals surface area contributed by atoms with Crippen LogP contribution >= 0.6 is 8.25 Å². The highest BCUT2D eigenvalue weighted by Crippen LogP contribution is 2.38. The lowest BCUT2D eigenvalue weighted by molar-refractivity contribution is -0.0723. The lowest BCUT2D eigenvalue weighted by Gasteiger charge is -2.23. The van der Waals surface area contributed by atoms with Crippen molar-refractivity contribution in [3.05, 3.63) is 63.4 Å². The third kappa shape index (κ3) is 4.32. The van der Waals surface area contributed by atoms with Gasteiger partial charge in [0.25, 0.3) is 5.56 Å². The molecule has 1 aliphatic rings. The Kier molecular flexibility index (Phi) is 5.54. The summed E-state index contributed by atoms with van der Waals surface area (Å²) in [6, 6.07) is 9.58. The minimum Gasteiger partial charge on any atom is -0.373 e. The zero-order chi connectivity index (χ0) is 19.4. The number of nitrogens with one attached hydrogen (secondary N) is 1. The molecule has 1 aromatic heterocycles. The van der Waals surface area contributed by atoms with E-state index in [1.54, 1.807) is 30.3 Å². The van der Waals surface area contributed by atoms with Crippen LogP contribution in [0.3, 0.4) is 0 Å². The molecule has 10 heteroatoms. The second-order valence-electron chi connectivity index (χ2n) is 5.82. The standard InChI is InChI=1S/C17H15N2O7P/c1-2-17(22)10-13(11-24-27(23)26-12-6-4-3-5-7-12)25-15(17)19-9-8-14(20)18-16(19)21/h1,3-9,13,15,22H,10-11H2/p+1. The molecule has 3 rings (SSSR count). The summed E-state index contributed by atoms with van der Waals surface area (Å²) in [6.45, 7) is -0.180. The van der Waals surface area contributed by atoms with Crippen LogP contribution < -0.4 is 15.8 Å². The summed E-state index contributed by atoms with van der Waals surface area (Å²) >= 11 is 0. The molecular formula is C17H16N2O7P+. The Hall–Kier alpha value is -2.76. The Balaban J connectivity index is 1.66. The van der Waals surface area contributed by atoms with Crippen molar-refractivity contribution in [1.82, 2.24) is 9.55 Å². The number of ether oxygens (including phenoxy) is 1. The van der Waals surface area contributed by atoms with Gasteiger partial charge in [0.2, 0.25) is 0 Å². The van der Waals surface area contributed by atoms with Crippen molar-refractivity contribution in [1.29, 1.82) is 0 Å². The van der Waals surface area contributed by atoms with E-state index in [9.17, 15) is 19.3 Å². The molecule has 0 amide bonds. The van der Waals surface area contributed by atoms with Crippen molar-refractivity contribution in [3.8, 4) is 18.1 Å². The lowest BCUT2D eigenvalue weighted by Crippen LogP contribution is -2.41.